The van der Waals surface area contributed by atoms with Crippen LogP contribution in [0.3, 0.4) is 0 Å². The minimum absolute atomic E-state index is 0.476. The molecule has 0 fully saturated rings. The van der Waals surface area contributed by atoms with E-state index in [0.29, 0.717) is 11.6 Å². The molecule has 78 valence electrons. The zero-order valence-corrected chi connectivity index (χ0v) is 9.48. The van der Waals surface area contributed by atoms with Gasteiger partial charge in [0.1, 0.15) is 0 Å². The molecule has 2 rings (SSSR count). The van der Waals surface area contributed by atoms with E-state index in [0.717, 1.165) is 15.6 Å². The lowest BCUT2D eigenvalue weighted by atomic mass is 10.2. The number of nitrogens with zero attached hydrogens (tertiary/aromatic N) is 1. The summed E-state index contributed by atoms with van der Waals surface area (Å²) in [6, 6.07) is 5.72. The van der Waals surface area contributed by atoms with E-state index in [1.54, 1.807) is 12.4 Å². The lowest BCUT2D eigenvalue weighted by Crippen LogP contribution is -1.98. The molecule has 0 aliphatic rings. The van der Waals surface area contributed by atoms with E-state index < -0.39 is 0 Å². The summed E-state index contributed by atoms with van der Waals surface area (Å²) in [5, 5.41) is 1.53. The zero-order chi connectivity index (χ0) is 10.7. The van der Waals surface area contributed by atoms with Gasteiger partial charge in [0, 0.05) is 23.8 Å². The maximum atomic E-state index is 6.11. The van der Waals surface area contributed by atoms with Crippen molar-refractivity contribution in [2.75, 3.05) is 0 Å². The van der Waals surface area contributed by atoms with Gasteiger partial charge in [0.2, 0.25) is 0 Å². The first-order chi connectivity index (χ1) is 7.31. The molecule has 1 aromatic heterocycles. The van der Waals surface area contributed by atoms with Crippen molar-refractivity contribution in [3.05, 3.63) is 41.2 Å². The van der Waals surface area contributed by atoms with Crippen LogP contribution in [0.2, 0.25) is 5.02 Å². The molecule has 0 aliphatic heterocycles. The van der Waals surface area contributed by atoms with Gasteiger partial charge in [-0.25, -0.2) is 4.98 Å². The van der Waals surface area contributed by atoms with Crippen LogP contribution < -0.4 is 5.73 Å². The van der Waals surface area contributed by atoms with Crippen molar-refractivity contribution < 1.29 is 0 Å². The Hall–Kier alpha value is -0.970. The van der Waals surface area contributed by atoms with Crippen molar-refractivity contribution in [1.29, 1.82) is 0 Å². The minimum Gasteiger partial charge on any atom is -0.339 e. The first-order valence-electron chi connectivity index (χ1n) is 4.46. The molecule has 0 unspecified atom stereocenters. The lowest BCUT2D eigenvalue weighted by molar-refractivity contribution is 1.01. The standard InChI is InChI=1S/C10H10ClN3S/c11-8-3-1-2-7(6-12)9(8)15-10-13-4-5-14-10/h1-5H,6,12H2,(H,13,14). The summed E-state index contributed by atoms with van der Waals surface area (Å²) in [4.78, 5) is 8.12. The molecule has 0 spiro atoms. The van der Waals surface area contributed by atoms with E-state index in [9.17, 15) is 0 Å². The van der Waals surface area contributed by atoms with Crippen molar-refractivity contribution in [3.8, 4) is 0 Å². The van der Waals surface area contributed by atoms with Gasteiger partial charge in [-0.15, -0.1) is 0 Å². The van der Waals surface area contributed by atoms with Crippen LogP contribution in [0.15, 0.2) is 40.6 Å². The van der Waals surface area contributed by atoms with E-state index in [2.05, 4.69) is 9.97 Å². The van der Waals surface area contributed by atoms with Gasteiger partial charge in [-0.1, -0.05) is 23.7 Å². The number of aromatic nitrogens is 2. The number of rotatable bonds is 3. The van der Waals surface area contributed by atoms with Crippen molar-refractivity contribution >= 4 is 23.4 Å². The minimum atomic E-state index is 0.476. The average Bonchev–Trinajstić information content (AvgIpc) is 2.74. The number of nitrogens with one attached hydrogen (secondary N) is 1. The summed E-state index contributed by atoms with van der Waals surface area (Å²) < 4.78 is 0. The van der Waals surface area contributed by atoms with Gasteiger partial charge in [0.15, 0.2) is 5.16 Å². The zero-order valence-electron chi connectivity index (χ0n) is 7.90. The van der Waals surface area contributed by atoms with Crippen LogP contribution in [0, 0.1) is 0 Å². The molecule has 0 bridgehead atoms. The molecule has 0 saturated carbocycles. The van der Waals surface area contributed by atoms with Gasteiger partial charge < -0.3 is 10.7 Å². The molecule has 1 aromatic carbocycles. The molecule has 0 atom stereocenters. The number of aromatic amines is 1. The largest absolute Gasteiger partial charge is 0.339 e. The molecule has 15 heavy (non-hydrogen) atoms. The van der Waals surface area contributed by atoms with Gasteiger partial charge in [0.25, 0.3) is 0 Å². The van der Waals surface area contributed by atoms with Gasteiger partial charge in [0.05, 0.1) is 5.02 Å². The fourth-order valence-electron chi connectivity index (χ4n) is 1.23. The second kappa shape index (κ2) is 4.70. The van der Waals surface area contributed by atoms with Gasteiger partial charge in [-0.2, -0.15) is 0 Å². The van der Waals surface area contributed by atoms with Crippen molar-refractivity contribution in [2.45, 2.75) is 16.6 Å². The molecule has 0 amide bonds. The van der Waals surface area contributed by atoms with Crippen LogP contribution in [0.1, 0.15) is 5.56 Å². The van der Waals surface area contributed by atoms with E-state index in [4.69, 9.17) is 17.3 Å². The highest BCUT2D eigenvalue weighted by Crippen LogP contribution is 2.33. The monoisotopic (exact) mass is 239 g/mol. The van der Waals surface area contributed by atoms with Crippen LogP contribution in [-0.4, -0.2) is 9.97 Å². The Labute approximate surface area is 97.0 Å². The summed E-state index contributed by atoms with van der Waals surface area (Å²) in [5.41, 5.74) is 6.68. The number of imidazole rings is 1. The van der Waals surface area contributed by atoms with Crippen LogP contribution >= 0.6 is 23.4 Å². The van der Waals surface area contributed by atoms with E-state index in [1.807, 2.05) is 18.2 Å². The highest BCUT2D eigenvalue weighted by Gasteiger charge is 2.08. The Kier molecular flexibility index (Phi) is 3.30. The molecular formula is C10H10ClN3S. The number of hydrogen-bond acceptors (Lipinski definition) is 3. The molecule has 0 radical (unpaired) electrons. The smallest absolute Gasteiger partial charge is 0.170 e. The van der Waals surface area contributed by atoms with E-state index in [-0.39, 0.29) is 0 Å². The fourth-order valence-corrected chi connectivity index (χ4v) is 2.42. The number of H-pyrrole nitrogens is 1. The predicted molar refractivity (Wildman–Crippen MR) is 62.1 cm³/mol. The molecule has 3 nitrogen and oxygen atoms in total. The first kappa shape index (κ1) is 10.5. The van der Waals surface area contributed by atoms with Crippen LogP contribution in [0.25, 0.3) is 0 Å². The van der Waals surface area contributed by atoms with Crippen molar-refractivity contribution in [1.82, 2.24) is 9.97 Å². The third-order valence-electron chi connectivity index (χ3n) is 1.94. The number of benzene rings is 1. The molecule has 2 aromatic rings. The molecule has 3 N–H and O–H groups in total. The maximum absolute atomic E-state index is 6.11. The Morgan fingerprint density at radius 2 is 2.33 bits per heavy atom. The van der Waals surface area contributed by atoms with Crippen molar-refractivity contribution in [3.63, 3.8) is 0 Å². The summed E-state index contributed by atoms with van der Waals surface area (Å²) in [5.74, 6) is 0. The topological polar surface area (TPSA) is 54.7 Å². The summed E-state index contributed by atoms with van der Waals surface area (Å²) in [6.07, 6.45) is 3.49. The highest BCUT2D eigenvalue weighted by molar-refractivity contribution is 7.99. The Bertz CT molecular complexity index is 442. The number of nitrogens with two attached hydrogens (primary N) is 1. The van der Waals surface area contributed by atoms with Gasteiger partial charge >= 0.3 is 0 Å². The maximum Gasteiger partial charge on any atom is 0.170 e. The predicted octanol–water partition coefficient (Wildman–Crippen LogP) is 2.67. The van der Waals surface area contributed by atoms with Gasteiger partial charge in [-0.05, 0) is 23.4 Å². The first-order valence-corrected chi connectivity index (χ1v) is 5.65. The van der Waals surface area contributed by atoms with Crippen molar-refractivity contribution in [2.24, 2.45) is 5.73 Å². The molecule has 0 aliphatic carbocycles. The number of hydrogen-bond donors (Lipinski definition) is 2. The Balaban J connectivity index is 2.34. The highest BCUT2D eigenvalue weighted by atomic mass is 35.5. The van der Waals surface area contributed by atoms with Crippen LogP contribution in [0.5, 0.6) is 0 Å². The van der Waals surface area contributed by atoms with Crippen LogP contribution in [-0.2, 0) is 6.54 Å². The quantitative estimate of drug-likeness (QED) is 0.866. The summed E-state index contributed by atoms with van der Waals surface area (Å²) >= 11 is 7.60. The summed E-state index contributed by atoms with van der Waals surface area (Å²) in [6.45, 7) is 0.476. The Morgan fingerprint density at radius 3 is 3.00 bits per heavy atom. The third-order valence-corrected chi connectivity index (χ3v) is 3.47. The SMILES string of the molecule is NCc1cccc(Cl)c1Sc1ncc[nH]1. The number of halogens is 1. The molecule has 1 heterocycles. The molecular weight excluding hydrogens is 230 g/mol. The third kappa shape index (κ3) is 2.34. The van der Waals surface area contributed by atoms with Crippen LogP contribution in [0.4, 0.5) is 0 Å². The molecule has 5 heteroatoms. The van der Waals surface area contributed by atoms with Gasteiger partial charge in [-0.3, -0.25) is 0 Å². The molecule has 0 saturated heterocycles. The normalized spacial score (nSPS) is 10.5. The Morgan fingerprint density at radius 1 is 1.47 bits per heavy atom. The summed E-state index contributed by atoms with van der Waals surface area (Å²) in [7, 11) is 0. The van der Waals surface area contributed by atoms with E-state index >= 15 is 0 Å². The second-order valence-electron chi connectivity index (χ2n) is 2.93. The average molecular weight is 240 g/mol. The second-order valence-corrected chi connectivity index (χ2v) is 4.33. The van der Waals surface area contributed by atoms with E-state index in [1.165, 1.54) is 11.8 Å². The fraction of sp³-hybridized carbons (Fsp3) is 0.100. The lowest BCUT2D eigenvalue weighted by Gasteiger charge is -2.07.